The van der Waals surface area contributed by atoms with Crippen molar-refractivity contribution in [1.29, 1.82) is 0 Å². The molecule has 23 heavy (non-hydrogen) atoms. The molecule has 0 radical (unpaired) electrons. The predicted octanol–water partition coefficient (Wildman–Crippen LogP) is 3.75. The average Bonchev–Trinajstić information content (AvgIpc) is 2.47. The minimum atomic E-state index is -3.70. The Morgan fingerprint density at radius 2 is 1.78 bits per heavy atom. The number of nitrogens with one attached hydrogen (secondary N) is 1. The summed E-state index contributed by atoms with van der Waals surface area (Å²) in [5.74, 6) is -1.16. The van der Waals surface area contributed by atoms with E-state index in [0.717, 1.165) is 10.0 Å². The van der Waals surface area contributed by atoms with Crippen LogP contribution >= 0.6 is 27.5 Å². The van der Waals surface area contributed by atoms with Crippen molar-refractivity contribution >= 4 is 43.3 Å². The number of hydrogen-bond acceptors (Lipinski definition) is 3. The molecule has 2 aromatic rings. The molecule has 0 saturated carbocycles. The van der Waals surface area contributed by atoms with Gasteiger partial charge in [-0.05, 0) is 42.8 Å². The average molecular weight is 417 g/mol. The molecule has 0 aliphatic heterocycles. The first kappa shape index (κ1) is 18.0. The molecule has 0 aromatic heterocycles. The maximum Gasteiger partial charge on any atom is 0.236 e. The molecule has 1 N–H and O–H groups in total. The lowest BCUT2D eigenvalue weighted by Gasteiger charge is -2.16. The molecule has 0 bridgehead atoms. The van der Waals surface area contributed by atoms with Crippen molar-refractivity contribution in [3.8, 4) is 0 Å². The lowest BCUT2D eigenvalue weighted by molar-refractivity contribution is -0.119. The molecule has 0 heterocycles. The van der Waals surface area contributed by atoms with Crippen LogP contribution in [0, 0.1) is 0 Å². The van der Waals surface area contributed by atoms with Crippen molar-refractivity contribution in [2.24, 2.45) is 0 Å². The number of rotatable bonds is 5. The molecule has 0 fully saturated rings. The van der Waals surface area contributed by atoms with E-state index in [1.54, 1.807) is 6.92 Å². The van der Waals surface area contributed by atoms with Gasteiger partial charge in [-0.2, -0.15) is 0 Å². The van der Waals surface area contributed by atoms with Gasteiger partial charge in [0.25, 0.3) is 0 Å². The number of benzene rings is 2. The summed E-state index contributed by atoms with van der Waals surface area (Å²) in [7, 11) is -3.70. The van der Waals surface area contributed by atoms with Crippen LogP contribution in [0.4, 0.5) is 0 Å². The highest BCUT2D eigenvalue weighted by Crippen LogP contribution is 2.23. The topological polar surface area (TPSA) is 63.2 Å². The lowest BCUT2D eigenvalue weighted by atomic mass is 10.1. The van der Waals surface area contributed by atoms with Gasteiger partial charge < -0.3 is 5.32 Å². The molecule has 0 aliphatic carbocycles. The Kier molecular flexibility index (Phi) is 5.84. The summed E-state index contributed by atoms with van der Waals surface area (Å²) in [5.41, 5.74) is 0.879. The van der Waals surface area contributed by atoms with Gasteiger partial charge in [0.1, 0.15) is 5.75 Å². The lowest BCUT2D eigenvalue weighted by Crippen LogP contribution is -2.32. The molecular formula is C16H15BrClNO3S. The van der Waals surface area contributed by atoms with E-state index in [1.807, 2.05) is 24.3 Å². The van der Waals surface area contributed by atoms with Gasteiger partial charge in [0.2, 0.25) is 5.91 Å². The normalized spacial score (nSPS) is 12.7. The van der Waals surface area contributed by atoms with Crippen molar-refractivity contribution in [3.05, 3.63) is 63.6 Å². The van der Waals surface area contributed by atoms with Crippen molar-refractivity contribution in [3.63, 3.8) is 0 Å². The summed E-state index contributed by atoms with van der Waals surface area (Å²) in [6.45, 7) is 1.80. The Labute approximate surface area is 148 Å². The summed E-state index contributed by atoms with van der Waals surface area (Å²) in [5, 5.41) is 3.14. The third-order valence-corrected chi connectivity index (χ3v) is 5.85. The van der Waals surface area contributed by atoms with Crippen LogP contribution in [0.25, 0.3) is 0 Å². The zero-order chi connectivity index (χ0) is 17.0. The fraction of sp³-hybridized carbons (Fsp3) is 0.188. The highest BCUT2D eigenvalue weighted by Gasteiger charge is 2.21. The maximum absolute atomic E-state index is 12.2. The van der Waals surface area contributed by atoms with E-state index in [0.29, 0.717) is 5.02 Å². The first-order valence-electron chi connectivity index (χ1n) is 6.82. The molecule has 0 spiro atoms. The zero-order valence-corrected chi connectivity index (χ0v) is 15.5. The van der Waals surface area contributed by atoms with Gasteiger partial charge in [-0.1, -0.05) is 45.7 Å². The molecule has 1 unspecified atom stereocenters. The highest BCUT2D eigenvalue weighted by atomic mass is 79.9. The van der Waals surface area contributed by atoms with Crippen LogP contribution in [0.2, 0.25) is 5.02 Å². The van der Waals surface area contributed by atoms with Gasteiger partial charge in [0.15, 0.2) is 9.84 Å². The van der Waals surface area contributed by atoms with Crippen molar-refractivity contribution < 1.29 is 13.2 Å². The van der Waals surface area contributed by atoms with Gasteiger partial charge in [0.05, 0.1) is 10.9 Å². The minimum absolute atomic E-state index is 0.0746. The summed E-state index contributed by atoms with van der Waals surface area (Å²) in [6.07, 6.45) is 0. The molecule has 1 amide bonds. The van der Waals surface area contributed by atoms with Crippen LogP contribution in [0.3, 0.4) is 0 Å². The number of carbonyl (C=O) groups is 1. The van der Waals surface area contributed by atoms with Crippen LogP contribution < -0.4 is 5.32 Å². The van der Waals surface area contributed by atoms with Crippen molar-refractivity contribution in [2.75, 3.05) is 5.75 Å². The van der Waals surface area contributed by atoms with E-state index >= 15 is 0 Å². The fourth-order valence-electron chi connectivity index (χ4n) is 2.09. The first-order chi connectivity index (χ1) is 10.8. The zero-order valence-electron chi connectivity index (χ0n) is 12.3. The van der Waals surface area contributed by atoms with E-state index < -0.39 is 21.5 Å². The van der Waals surface area contributed by atoms with Crippen LogP contribution in [-0.4, -0.2) is 20.1 Å². The van der Waals surface area contributed by atoms with E-state index in [2.05, 4.69) is 21.2 Å². The number of halogens is 2. The third-order valence-electron chi connectivity index (χ3n) is 3.24. The van der Waals surface area contributed by atoms with E-state index in [9.17, 15) is 13.2 Å². The summed E-state index contributed by atoms with van der Waals surface area (Å²) in [4.78, 5) is 12.1. The molecule has 0 aliphatic rings. The van der Waals surface area contributed by atoms with Crippen molar-refractivity contribution in [2.45, 2.75) is 17.9 Å². The number of carbonyl (C=O) groups excluding carboxylic acids is 1. The van der Waals surface area contributed by atoms with Gasteiger partial charge in [-0.15, -0.1) is 0 Å². The summed E-state index contributed by atoms with van der Waals surface area (Å²) < 4.78 is 25.3. The Balaban J connectivity index is 2.07. The van der Waals surface area contributed by atoms with E-state index in [4.69, 9.17) is 11.6 Å². The molecule has 122 valence electrons. The Morgan fingerprint density at radius 3 is 2.39 bits per heavy atom. The van der Waals surface area contributed by atoms with E-state index in [-0.39, 0.29) is 10.9 Å². The molecular weight excluding hydrogens is 402 g/mol. The SMILES string of the molecule is CC(NC(=O)CS(=O)(=O)c1ccc(Cl)cc1)c1ccccc1Br. The second-order valence-corrected chi connectivity index (χ2v) is 8.30. The summed E-state index contributed by atoms with van der Waals surface area (Å²) >= 11 is 9.15. The monoisotopic (exact) mass is 415 g/mol. The summed E-state index contributed by atoms with van der Waals surface area (Å²) in [6, 6.07) is 12.9. The number of sulfone groups is 1. The molecule has 7 heteroatoms. The van der Waals surface area contributed by atoms with Gasteiger partial charge in [-0.25, -0.2) is 8.42 Å². The third kappa shape index (κ3) is 4.80. The fourth-order valence-corrected chi connectivity index (χ4v) is 3.99. The first-order valence-corrected chi connectivity index (χ1v) is 9.64. The minimum Gasteiger partial charge on any atom is -0.349 e. The molecule has 1 atom stereocenters. The number of hydrogen-bond donors (Lipinski definition) is 1. The molecule has 2 rings (SSSR count). The van der Waals surface area contributed by atoms with Crippen LogP contribution in [0.15, 0.2) is 57.9 Å². The van der Waals surface area contributed by atoms with Crippen LogP contribution in [0.5, 0.6) is 0 Å². The highest BCUT2D eigenvalue weighted by molar-refractivity contribution is 9.10. The van der Waals surface area contributed by atoms with Gasteiger partial charge in [-0.3, -0.25) is 4.79 Å². The predicted molar refractivity (Wildman–Crippen MR) is 94.2 cm³/mol. The quantitative estimate of drug-likeness (QED) is 0.807. The second-order valence-electron chi connectivity index (χ2n) is 5.02. The molecule has 0 saturated heterocycles. The smallest absolute Gasteiger partial charge is 0.236 e. The Hall–Kier alpha value is -1.37. The van der Waals surface area contributed by atoms with E-state index in [1.165, 1.54) is 24.3 Å². The Bertz CT molecular complexity index is 806. The molecule has 4 nitrogen and oxygen atoms in total. The van der Waals surface area contributed by atoms with Crippen LogP contribution in [-0.2, 0) is 14.6 Å². The standard InChI is InChI=1S/C16H15BrClNO3S/c1-11(14-4-2-3-5-15(14)17)19-16(20)10-23(21,22)13-8-6-12(18)7-9-13/h2-9,11H,10H2,1H3,(H,19,20). The van der Waals surface area contributed by atoms with Crippen LogP contribution in [0.1, 0.15) is 18.5 Å². The number of amides is 1. The molecule has 2 aromatic carbocycles. The second kappa shape index (κ2) is 7.47. The Morgan fingerprint density at radius 1 is 1.17 bits per heavy atom. The van der Waals surface area contributed by atoms with Crippen molar-refractivity contribution in [1.82, 2.24) is 5.32 Å². The maximum atomic E-state index is 12.2. The van der Waals surface area contributed by atoms with Gasteiger partial charge >= 0.3 is 0 Å². The van der Waals surface area contributed by atoms with Gasteiger partial charge in [0, 0.05) is 9.50 Å². The largest absolute Gasteiger partial charge is 0.349 e.